The topological polar surface area (TPSA) is 111 Å². The van der Waals surface area contributed by atoms with E-state index in [9.17, 15) is 8.78 Å². The summed E-state index contributed by atoms with van der Waals surface area (Å²) in [7, 11) is 1.64. The van der Waals surface area contributed by atoms with Crippen molar-refractivity contribution in [3.8, 4) is 11.3 Å². The maximum absolute atomic E-state index is 14.8. The lowest BCUT2D eigenvalue weighted by Crippen LogP contribution is -2.48. The van der Waals surface area contributed by atoms with Gasteiger partial charge >= 0.3 is 0 Å². The molecule has 1 saturated heterocycles. The van der Waals surface area contributed by atoms with Crippen molar-refractivity contribution in [1.82, 2.24) is 34.0 Å². The molecule has 0 saturated carbocycles. The van der Waals surface area contributed by atoms with E-state index in [1.165, 1.54) is 0 Å². The quantitative estimate of drug-likeness (QED) is 0.402. The molecule has 34 heavy (non-hydrogen) atoms. The second kappa shape index (κ2) is 9.47. The van der Waals surface area contributed by atoms with Gasteiger partial charge in [0.1, 0.15) is 23.9 Å². The second-order valence-corrected chi connectivity index (χ2v) is 8.36. The van der Waals surface area contributed by atoms with Gasteiger partial charge in [-0.2, -0.15) is 4.98 Å². The van der Waals surface area contributed by atoms with Crippen molar-refractivity contribution in [2.24, 2.45) is 0 Å². The third kappa shape index (κ3) is 4.26. The summed E-state index contributed by atoms with van der Waals surface area (Å²) in [5.74, 6) is 0.527. The van der Waals surface area contributed by atoms with Gasteiger partial charge in [0.25, 0.3) is 0 Å². The molecule has 0 bridgehead atoms. The third-order valence-electron chi connectivity index (χ3n) is 6.15. The minimum absolute atomic E-state index is 0.185. The highest BCUT2D eigenvalue weighted by molar-refractivity contribution is 5.88. The maximum Gasteiger partial charge on any atom is 0.243 e. The Morgan fingerprint density at radius 2 is 2.12 bits per heavy atom. The van der Waals surface area contributed by atoms with Gasteiger partial charge in [0.05, 0.1) is 31.2 Å². The Morgan fingerprint density at radius 3 is 2.91 bits per heavy atom. The van der Waals surface area contributed by atoms with Crippen molar-refractivity contribution in [2.75, 3.05) is 51.1 Å². The van der Waals surface area contributed by atoms with Gasteiger partial charge in [0.15, 0.2) is 11.5 Å². The minimum atomic E-state index is -1.06. The van der Waals surface area contributed by atoms with Crippen LogP contribution in [-0.2, 0) is 11.3 Å². The van der Waals surface area contributed by atoms with Gasteiger partial charge in [-0.25, -0.2) is 23.3 Å². The van der Waals surface area contributed by atoms with Gasteiger partial charge in [-0.05, 0) is 24.6 Å². The molecule has 4 aromatic rings. The molecule has 1 aliphatic heterocycles. The fraction of sp³-hybridized carbons (Fsp3) is 0.455. The predicted octanol–water partition coefficient (Wildman–Crippen LogP) is 2.16. The number of pyridine rings is 1. The number of alkyl halides is 2. The van der Waals surface area contributed by atoms with Gasteiger partial charge in [0.2, 0.25) is 5.95 Å². The number of nitrogens with zero attached hydrogens (tertiary/aromatic N) is 7. The van der Waals surface area contributed by atoms with Crippen molar-refractivity contribution in [3.63, 3.8) is 0 Å². The summed E-state index contributed by atoms with van der Waals surface area (Å²) in [5, 5.41) is 7.61. The zero-order valence-corrected chi connectivity index (χ0v) is 18.9. The molecule has 5 heterocycles. The first-order valence-electron chi connectivity index (χ1n) is 11.2. The Hall–Kier alpha value is -3.38. The lowest BCUT2D eigenvalue weighted by Gasteiger charge is -2.34. The van der Waals surface area contributed by atoms with Crippen LogP contribution in [0.1, 0.15) is 6.42 Å². The molecule has 5 rings (SSSR count). The molecule has 4 aromatic heterocycles. The number of rotatable bonds is 8. The molecule has 2 unspecified atom stereocenters. The second-order valence-electron chi connectivity index (χ2n) is 8.36. The summed E-state index contributed by atoms with van der Waals surface area (Å²) in [4.78, 5) is 15.4. The smallest absolute Gasteiger partial charge is 0.243 e. The standard InChI is InChI=1S/C22H27F2N9O/c1-34-11-10-31-7-5-17(15(24)12-31)28-22-29-20(25)19-14(4-8-33(19)30-22)16-2-3-18-21(27-16)32(9-6-23)13-26-18/h2-4,8,13,15,17H,5-7,9-12H2,1H3,(H3,25,28,29,30). The molecular weight excluding hydrogens is 444 g/mol. The van der Waals surface area contributed by atoms with Gasteiger partial charge < -0.3 is 20.4 Å². The van der Waals surface area contributed by atoms with Gasteiger partial charge in [-0.15, -0.1) is 5.10 Å². The monoisotopic (exact) mass is 471 g/mol. The largest absolute Gasteiger partial charge is 0.383 e. The van der Waals surface area contributed by atoms with Crippen molar-refractivity contribution in [1.29, 1.82) is 0 Å². The van der Waals surface area contributed by atoms with Gasteiger partial charge in [-0.3, -0.25) is 4.90 Å². The van der Waals surface area contributed by atoms with Crippen LogP contribution in [0.4, 0.5) is 20.5 Å². The Bertz CT molecular complexity index is 1290. The van der Waals surface area contributed by atoms with Crippen molar-refractivity contribution < 1.29 is 13.5 Å². The molecule has 2 atom stereocenters. The molecule has 1 fully saturated rings. The summed E-state index contributed by atoms with van der Waals surface area (Å²) in [5.41, 5.74) is 9.58. The first-order valence-corrected chi connectivity index (χ1v) is 11.2. The number of nitrogen functional groups attached to an aromatic ring is 1. The molecular formula is C22H27F2N9O. The zero-order chi connectivity index (χ0) is 23.7. The van der Waals surface area contributed by atoms with E-state index in [-0.39, 0.29) is 18.3 Å². The van der Waals surface area contributed by atoms with Crippen LogP contribution < -0.4 is 11.1 Å². The summed E-state index contributed by atoms with van der Waals surface area (Å²) in [6.45, 7) is 2.07. The number of anilines is 2. The normalized spacial score (nSPS) is 19.3. The van der Waals surface area contributed by atoms with Crippen LogP contribution in [-0.4, -0.2) is 86.3 Å². The average Bonchev–Trinajstić information content (AvgIpc) is 3.44. The van der Waals surface area contributed by atoms with Crippen molar-refractivity contribution >= 4 is 28.4 Å². The van der Waals surface area contributed by atoms with Crippen LogP contribution in [0, 0.1) is 0 Å². The summed E-state index contributed by atoms with van der Waals surface area (Å²) in [6, 6.07) is 5.12. The molecule has 0 aliphatic carbocycles. The Kier molecular flexibility index (Phi) is 6.24. The minimum Gasteiger partial charge on any atom is -0.383 e. The lowest BCUT2D eigenvalue weighted by atomic mass is 10.0. The average molecular weight is 472 g/mol. The molecule has 0 amide bonds. The summed E-state index contributed by atoms with van der Waals surface area (Å²) >= 11 is 0. The number of hydrogen-bond donors (Lipinski definition) is 2. The number of imidazole rings is 1. The fourth-order valence-corrected chi connectivity index (χ4v) is 4.38. The van der Waals surface area contributed by atoms with E-state index in [0.29, 0.717) is 48.5 Å². The van der Waals surface area contributed by atoms with E-state index in [1.807, 2.05) is 23.1 Å². The van der Waals surface area contributed by atoms with Crippen LogP contribution >= 0.6 is 0 Å². The first-order chi connectivity index (χ1) is 16.6. The summed E-state index contributed by atoms with van der Waals surface area (Å²) < 4.78 is 36.0. The molecule has 1 aliphatic rings. The molecule has 12 heteroatoms. The number of aromatic nitrogens is 6. The maximum atomic E-state index is 14.8. The first kappa shape index (κ1) is 22.4. The Balaban J connectivity index is 1.39. The number of nitrogens with two attached hydrogens (primary N) is 1. The number of nitrogens with one attached hydrogen (secondary N) is 1. The number of piperidine rings is 1. The lowest BCUT2D eigenvalue weighted by molar-refractivity contribution is 0.0918. The molecule has 0 spiro atoms. The Labute approximate surface area is 194 Å². The molecule has 180 valence electrons. The molecule has 0 radical (unpaired) electrons. The van der Waals surface area contributed by atoms with E-state index in [2.05, 4.69) is 25.4 Å². The van der Waals surface area contributed by atoms with E-state index in [4.69, 9.17) is 10.5 Å². The van der Waals surface area contributed by atoms with Crippen LogP contribution in [0.15, 0.2) is 30.7 Å². The Morgan fingerprint density at radius 1 is 1.24 bits per heavy atom. The number of ether oxygens (including phenoxy) is 1. The van der Waals surface area contributed by atoms with Crippen LogP contribution in [0.2, 0.25) is 0 Å². The van der Waals surface area contributed by atoms with Crippen LogP contribution in [0.3, 0.4) is 0 Å². The number of likely N-dealkylation sites (tertiary alicyclic amines) is 1. The summed E-state index contributed by atoms with van der Waals surface area (Å²) in [6.07, 6.45) is 2.91. The van der Waals surface area contributed by atoms with Crippen molar-refractivity contribution in [3.05, 3.63) is 30.7 Å². The van der Waals surface area contributed by atoms with Crippen LogP contribution in [0.25, 0.3) is 27.9 Å². The SMILES string of the molecule is COCCN1CCC(Nc2nc(N)c3c(-c4ccc5ncn(CCF)c5n4)ccn3n2)C(F)C1. The van der Waals surface area contributed by atoms with Gasteiger partial charge in [0, 0.05) is 38.5 Å². The zero-order valence-electron chi connectivity index (χ0n) is 18.9. The van der Waals surface area contributed by atoms with E-state index in [1.54, 1.807) is 28.7 Å². The molecule has 3 N–H and O–H groups in total. The number of halogens is 2. The highest BCUT2D eigenvalue weighted by Gasteiger charge is 2.30. The highest BCUT2D eigenvalue weighted by atomic mass is 19.1. The highest BCUT2D eigenvalue weighted by Crippen LogP contribution is 2.29. The number of methoxy groups -OCH3 is 1. The van der Waals surface area contributed by atoms with E-state index >= 15 is 0 Å². The van der Waals surface area contributed by atoms with Gasteiger partial charge in [-0.1, -0.05) is 0 Å². The number of aryl methyl sites for hydroxylation is 1. The predicted molar refractivity (Wildman–Crippen MR) is 125 cm³/mol. The third-order valence-corrected chi connectivity index (χ3v) is 6.15. The van der Waals surface area contributed by atoms with Crippen LogP contribution in [0.5, 0.6) is 0 Å². The molecule has 10 nitrogen and oxygen atoms in total. The number of fused-ring (bicyclic) bond motifs is 2. The van der Waals surface area contributed by atoms with E-state index < -0.39 is 18.9 Å². The van der Waals surface area contributed by atoms with Crippen molar-refractivity contribution in [2.45, 2.75) is 25.2 Å². The molecule has 0 aromatic carbocycles. The van der Waals surface area contributed by atoms with E-state index in [0.717, 1.165) is 12.1 Å². The fourth-order valence-electron chi connectivity index (χ4n) is 4.38. The number of hydrogen-bond acceptors (Lipinski definition) is 8.